The Morgan fingerprint density at radius 1 is 1.29 bits per heavy atom. The lowest BCUT2D eigenvalue weighted by Gasteiger charge is -2.29. The first-order valence-corrected chi connectivity index (χ1v) is 6.87. The molecule has 0 aromatic heterocycles. The molecule has 0 aliphatic carbocycles. The summed E-state index contributed by atoms with van der Waals surface area (Å²) in [7, 11) is 3.36. The molecule has 0 amide bonds. The summed E-state index contributed by atoms with van der Waals surface area (Å²) in [5, 5.41) is 3.84. The summed E-state index contributed by atoms with van der Waals surface area (Å²) in [6.07, 6.45) is 0. The normalized spacial score (nSPS) is 24.4. The summed E-state index contributed by atoms with van der Waals surface area (Å²) in [4.78, 5) is 0. The number of benzene rings is 1. The molecule has 1 N–H and O–H groups in total. The number of para-hydroxylation sites is 1. The smallest absolute Gasteiger partial charge is 0.166 e. The van der Waals surface area contributed by atoms with Crippen molar-refractivity contribution < 1.29 is 9.47 Å². The van der Waals surface area contributed by atoms with E-state index in [2.05, 4.69) is 18.3 Å². The van der Waals surface area contributed by atoms with Crippen molar-refractivity contribution in [3.63, 3.8) is 0 Å². The molecule has 2 unspecified atom stereocenters. The first-order chi connectivity index (χ1) is 8.26. The number of ether oxygens (including phenoxy) is 2. The summed E-state index contributed by atoms with van der Waals surface area (Å²) in [5.41, 5.74) is 1.17. The van der Waals surface area contributed by atoms with Gasteiger partial charge in [-0.05, 0) is 24.3 Å². The van der Waals surface area contributed by atoms with Crippen LogP contribution in [0.2, 0.25) is 0 Å². The lowest BCUT2D eigenvalue weighted by molar-refractivity contribution is 0.349. The average molecular weight is 253 g/mol. The van der Waals surface area contributed by atoms with Crippen LogP contribution < -0.4 is 14.8 Å². The molecule has 2 atom stereocenters. The summed E-state index contributed by atoms with van der Waals surface area (Å²) in [6, 6.07) is 6.04. The number of hydrogen-bond donors (Lipinski definition) is 1. The summed E-state index contributed by atoms with van der Waals surface area (Å²) < 4.78 is 10.8. The Hall–Kier alpha value is -0.870. The fourth-order valence-corrected chi connectivity index (χ4v) is 3.22. The zero-order valence-electron chi connectivity index (χ0n) is 10.5. The van der Waals surface area contributed by atoms with Gasteiger partial charge in [0.25, 0.3) is 0 Å². The molecule has 0 saturated carbocycles. The zero-order chi connectivity index (χ0) is 12.3. The average Bonchev–Trinajstić information content (AvgIpc) is 2.38. The van der Waals surface area contributed by atoms with E-state index < -0.39 is 0 Å². The molecule has 1 saturated heterocycles. The highest BCUT2D eigenvalue weighted by Crippen LogP contribution is 2.40. The van der Waals surface area contributed by atoms with Crippen molar-refractivity contribution in [2.24, 2.45) is 5.92 Å². The topological polar surface area (TPSA) is 30.5 Å². The molecular weight excluding hydrogens is 234 g/mol. The molecule has 4 heteroatoms. The van der Waals surface area contributed by atoms with E-state index in [4.69, 9.17) is 9.47 Å². The molecule has 94 valence electrons. The van der Waals surface area contributed by atoms with Gasteiger partial charge in [0, 0.05) is 5.56 Å². The molecule has 1 aliphatic heterocycles. The van der Waals surface area contributed by atoms with Crippen molar-refractivity contribution in [2.45, 2.75) is 12.3 Å². The number of nitrogens with one attached hydrogen (secondary N) is 1. The Morgan fingerprint density at radius 3 is 2.71 bits per heavy atom. The first kappa shape index (κ1) is 12.6. The maximum atomic E-state index is 5.47. The highest BCUT2D eigenvalue weighted by molar-refractivity contribution is 7.99. The molecule has 3 nitrogen and oxygen atoms in total. The van der Waals surface area contributed by atoms with Gasteiger partial charge in [-0.2, -0.15) is 0 Å². The molecule has 2 rings (SSSR count). The van der Waals surface area contributed by atoms with Crippen molar-refractivity contribution in [2.75, 3.05) is 26.5 Å². The fraction of sp³-hybridized carbons (Fsp3) is 0.538. The van der Waals surface area contributed by atoms with Gasteiger partial charge in [-0.15, -0.1) is 11.8 Å². The van der Waals surface area contributed by atoms with Gasteiger partial charge in [-0.1, -0.05) is 19.1 Å². The van der Waals surface area contributed by atoms with Crippen molar-refractivity contribution in [3.05, 3.63) is 23.8 Å². The third kappa shape index (κ3) is 2.69. The van der Waals surface area contributed by atoms with Crippen molar-refractivity contribution >= 4 is 11.8 Å². The van der Waals surface area contributed by atoms with Crippen LogP contribution in [0.25, 0.3) is 0 Å². The molecule has 1 aromatic carbocycles. The van der Waals surface area contributed by atoms with E-state index in [9.17, 15) is 0 Å². The lowest BCUT2D eigenvalue weighted by Crippen LogP contribution is -2.31. The van der Waals surface area contributed by atoms with E-state index in [1.807, 2.05) is 23.9 Å². The Balaban J connectivity index is 2.25. The van der Waals surface area contributed by atoms with E-state index in [-0.39, 0.29) is 0 Å². The van der Waals surface area contributed by atoms with Crippen LogP contribution in [0.4, 0.5) is 0 Å². The fourth-order valence-electron chi connectivity index (χ4n) is 2.00. The number of thioether (sulfide) groups is 1. The lowest BCUT2D eigenvalue weighted by atomic mass is 10.1. The van der Waals surface area contributed by atoms with Crippen molar-refractivity contribution in [3.8, 4) is 11.5 Å². The summed E-state index contributed by atoms with van der Waals surface area (Å²) in [6.45, 7) is 3.32. The quantitative estimate of drug-likeness (QED) is 0.897. The van der Waals surface area contributed by atoms with Crippen LogP contribution in [0, 0.1) is 5.92 Å². The molecule has 1 fully saturated rings. The van der Waals surface area contributed by atoms with Crippen LogP contribution in [-0.4, -0.2) is 26.5 Å². The van der Waals surface area contributed by atoms with Crippen LogP contribution >= 0.6 is 11.8 Å². The van der Waals surface area contributed by atoms with E-state index in [0.29, 0.717) is 5.37 Å². The van der Waals surface area contributed by atoms with Gasteiger partial charge < -0.3 is 14.8 Å². The van der Waals surface area contributed by atoms with Crippen LogP contribution in [0.15, 0.2) is 18.2 Å². The number of methoxy groups -OCH3 is 2. The first-order valence-electron chi connectivity index (χ1n) is 5.82. The second-order valence-electron chi connectivity index (χ2n) is 4.31. The van der Waals surface area contributed by atoms with Gasteiger partial charge in [-0.25, -0.2) is 0 Å². The minimum absolute atomic E-state index is 0.302. The Bertz CT molecular complexity index is 376. The Labute approximate surface area is 107 Å². The van der Waals surface area contributed by atoms with Crippen molar-refractivity contribution in [1.29, 1.82) is 0 Å². The summed E-state index contributed by atoms with van der Waals surface area (Å²) in [5.74, 6) is 3.55. The Morgan fingerprint density at radius 2 is 2.12 bits per heavy atom. The molecular formula is C13H19NO2S. The highest BCUT2D eigenvalue weighted by Gasteiger charge is 2.23. The van der Waals surface area contributed by atoms with E-state index in [1.165, 1.54) is 11.3 Å². The van der Waals surface area contributed by atoms with Crippen LogP contribution in [0.5, 0.6) is 11.5 Å². The maximum absolute atomic E-state index is 5.47. The highest BCUT2D eigenvalue weighted by atomic mass is 32.2. The second kappa shape index (κ2) is 5.65. The predicted octanol–water partition coefficient (Wildman–Crippen LogP) is 2.67. The largest absolute Gasteiger partial charge is 0.493 e. The number of rotatable bonds is 3. The van der Waals surface area contributed by atoms with Gasteiger partial charge in [0.15, 0.2) is 11.5 Å². The van der Waals surface area contributed by atoms with Gasteiger partial charge in [0.2, 0.25) is 0 Å². The second-order valence-corrected chi connectivity index (χ2v) is 5.45. The monoisotopic (exact) mass is 253 g/mol. The van der Waals surface area contributed by atoms with Gasteiger partial charge in [-0.3, -0.25) is 0 Å². The standard InChI is InChI=1S/C13H19NO2S/c1-9-7-14-13(17-8-9)10-5-4-6-11(15-2)12(10)16-3/h4-6,9,13-14H,7-8H2,1-3H3. The van der Waals surface area contributed by atoms with E-state index in [0.717, 1.165) is 24.0 Å². The molecule has 1 heterocycles. The third-order valence-corrected chi connectivity index (χ3v) is 4.43. The third-order valence-electron chi connectivity index (χ3n) is 2.91. The van der Waals surface area contributed by atoms with Gasteiger partial charge >= 0.3 is 0 Å². The maximum Gasteiger partial charge on any atom is 0.166 e. The van der Waals surface area contributed by atoms with Crippen LogP contribution in [0.3, 0.4) is 0 Å². The molecule has 0 radical (unpaired) electrons. The SMILES string of the molecule is COc1cccc(C2NCC(C)CS2)c1OC. The molecule has 0 spiro atoms. The summed E-state index contributed by atoms with van der Waals surface area (Å²) >= 11 is 1.93. The minimum atomic E-state index is 0.302. The molecule has 1 aliphatic rings. The van der Waals surface area contributed by atoms with Crippen LogP contribution in [-0.2, 0) is 0 Å². The molecule has 17 heavy (non-hydrogen) atoms. The van der Waals surface area contributed by atoms with Gasteiger partial charge in [0.05, 0.1) is 19.6 Å². The van der Waals surface area contributed by atoms with E-state index in [1.54, 1.807) is 14.2 Å². The van der Waals surface area contributed by atoms with Crippen LogP contribution in [0.1, 0.15) is 17.9 Å². The molecule has 1 aromatic rings. The minimum Gasteiger partial charge on any atom is -0.493 e. The number of hydrogen-bond acceptors (Lipinski definition) is 4. The van der Waals surface area contributed by atoms with Crippen molar-refractivity contribution in [1.82, 2.24) is 5.32 Å². The molecule has 0 bridgehead atoms. The Kier molecular flexibility index (Phi) is 4.18. The van der Waals surface area contributed by atoms with E-state index >= 15 is 0 Å². The predicted molar refractivity (Wildman–Crippen MR) is 71.9 cm³/mol. The zero-order valence-corrected chi connectivity index (χ0v) is 11.3. The van der Waals surface area contributed by atoms with Gasteiger partial charge in [0.1, 0.15) is 0 Å².